The van der Waals surface area contributed by atoms with Crippen LogP contribution in [0.25, 0.3) is 0 Å². The van der Waals surface area contributed by atoms with Crippen LogP contribution in [0.3, 0.4) is 0 Å². The van der Waals surface area contributed by atoms with E-state index in [4.69, 9.17) is 23.3 Å². The zero-order valence-corrected chi connectivity index (χ0v) is 20.1. The van der Waals surface area contributed by atoms with Crippen LogP contribution in [0.5, 0.6) is 0 Å². The monoisotopic (exact) mass is 440 g/mol. The Hall–Kier alpha value is 2.32. The molecule has 0 bridgehead atoms. The topological polar surface area (TPSA) is 0 Å². The molecule has 19 heavy (non-hydrogen) atoms. The molecule has 0 nitrogen and oxygen atoms in total. The minimum Gasteiger partial charge on any atom is -0.719 e. The summed E-state index contributed by atoms with van der Waals surface area (Å²) >= 11 is 9.49. The van der Waals surface area contributed by atoms with Gasteiger partial charge in [0, 0.05) is 0 Å². The Bertz CT molecular complexity index is 100. The maximum Gasteiger partial charge on any atom is 2.00 e. The van der Waals surface area contributed by atoms with Gasteiger partial charge in [-0.15, -0.1) is 0 Å². The molecule has 0 saturated carbocycles. The quantitative estimate of drug-likeness (QED) is 0.151. The Morgan fingerprint density at radius 1 is 0.579 bits per heavy atom. The molecule has 0 radical (unpaired) electrons. The van der Waals surface area contributed by atoms with E-state index in [9.17, 15) is 0 Å². The maximum absolute atomic E-state index is 4.75. The van der Waals surface area contributed by atoms with E-state index in [1.54, 1.807) is 21.6 Å². The van der Waals surface area contributed by atoms with Crippen LogP contribution >= 0.6 is 21.6 Å². The van der Waals surface area contributed by atoms with Crippen LogP contribution in [0.4, 0.5) is 0 Å². The maximum atomic E-state index is 4.75. The Morgan fingerprint density at radius 2 is 0.895 bits per heavy atom. The Balaban J connectivity index is -0.000000256. The van der Waals surface area contributed by atoms with Gasteiger partial charge in [-0.1, -0.05) is 65.2 Å². The van der Waals surface area contributed by atoms with Crippen LogP contribution in [0, 0.1) is 0 Å². The van der Waals surface area contributed by atoms with Crippen molar-refractivity contribution in [2.45, 2.75) is 78.1 Å². The Morgan fingerprint density at radius 3 is 1.16 bits per heavy atom. The predicted molar refractivity (Wildman–Crippen MR) is 97.2 cm³/mol. The van der Waals surface area contributed by atoms with E-state index in [1.165, 1.54) is 75.7 Å². The SMILES string of the molecule is CCCCCCCS[S-].CCCCCCCS[S-].[Cd+2]. The van der Waals surface area contributed by atoms with E-state index in [0.29, 0.717) is 0 Å². The summed E-state index contributed by atoms with van der Waals surface area (Å²) in [5.41, 5.74) is 0. The second kappa shape index (κ2) is 28.5. The van der Waals surface area contributed by atoms with Crippen molar-refractivity contribution >= 4 is 44.9 Å². The van der Waals surface area contributed by atoms with E-state index in [2.05, 4.69) is 13.8 Å². The summed E-state index contributed by atoms with van der Waals surface area (Å²) in [7, 11) is 3.09. The third-order valence-corrected chi connectivity index (χ3v) is 4.57. The first-order valence-electron chi connectivity index (χ1n) is 7.32. The van der Waals surface area contributed by atoms with Crippen LogP contribution in [0.1, 0.15) is 78.1 Å². The molecule has 0 aliphatic heterocycles. The normalized spacial score (nSPS) is 9.47. The first-order chi connectivity index (χ1) is 8.83. The molecule has 0 rings (SSSR count). The average Bonchev–Trinajstić information content (AvgIpc) is 2.39. The molecule has 0 amide bonds. The minimum absolute atomic E-state index is 0. The summed E-state index contributed by atoms with van der Waals surface area (Å²) in [6, 6.07) is 0. The summed E-state index contributed by atoms with van der Waals surface area (Å²) in [5, 5.41) is 0. The van der Waals surface area contributed by atoms with Crippen molar-refractivity contribution < 1.29 is 27.3 Å². The molecule has 0 aromatic heterocycles. The van der Waals surface area contributed by atoms with Crippen LogP contribution < -0.4 is 0 Å². The van der Waals surface area contributed by atoms with Gasteiger partial charge in [-0.05, 0) is 24.3 Å². The molecule has 0 fully saturated rings. The fourth-order valence-corrected chi connectivity index (χ4v) is 2.88. The predicted octanol–water partition coefficient (Wildman–Crippen LogP) is 6.30. The first-order valence-corrected chi connectivity index (χ1v) is 11.1. The van der Waals surface area contributed by atoms with Gasteiger partial charge in [-0.3, -0.25) is 0 Å². The Labute approximate surface area is 160 Å². The molecule has 0 spiro atoms. The number of rotatable bonds is 12. The molecule has 0 atom stereocenters. The zero-order chi connectivity index (χ0) is 13.9. The van der Waals surface area contributed by atoms with E-state index in [-0.39, 0.29) is 27.3 Å². The molecule has 0 unspecified atom stereocenters. The van der Waals surface area contributed by atoms with Crippen LogP contribution in [0.2, 0.25) is 0 Å². The largest absolute Gasteiger partial charge is 2.00 e. The molecular formula is C14H30CdS4. The van der Waals surface area contributed by atoms with Crippen LogP contribution in [-0.2, 0) is 50.6 Å². The van der Waals surface area contributed by atoms with Gasteiger partial charge < -0.3 is 44.9 Å². The van der Waals surface area contributed by atoms with Crippen LogP contribution in [0.15, 0.2) is 0 Å². The molecule has 0 aliphatic rings. The number of hydrogen-bond donors (Lipinski definition) is 0. The van der Waals surface area contributed by atoms with Gasteiger partial charge in [0.1, 0.15) is 0 Å². The van der Waals surface area contributed by atoms with Crippen molar-refractivity contribution in [2.24, 2.45) is 0 Å². The van der Waals surface area contributed by atoms with E-state index in [1.807, 2.05) is 0 Å². The molecule has 112 valence electrons. The smallest absolute Gasteiger partial charge is 0.719 e. The summed E-state index contributed by atoms with van der Waals surface area (Å²) < 4.78 is 0. The summed E-state index contributed by atoms with van der Waals surface area (Å²) in [5.74, 6) is 2.33. The minimum atomic E-state index is 0. The van der Waals surface area contributed by atoms with Gasteiger partial charge in [-0.2, -0.15) is 0 Å². The van der Waals surface area contributed by atoms with E-state index in [0.717, 1.165) is 0 Å². The van der Waals surface area contributed by atoms with Crippen molar-refractivity contribution in [1.82, 2.24) is 0 Å². The van der Waals surface area contributed by atoms with Crippen LogP contribution in [-0.4, -0.2) is 11.5 Å². The summed E-state index contributed by atoms with van der Waals surface area (Å²) in [6.07, 6.45) is 13.6. The summed E-state index contributed by atoms with van der Waals surface area (Å²) in [6.45, 7) is 4.48. The Kier molecular flexibility index (Phi) is 39.3. The molecule has 0 aromatic rings. The van der Waals surface area contributed by atoms with Crippen molar-refractivity contribution in [3.05, 3.63) is 0 Å². The molecule has 0 heterocycles. The van der Waals surface area contributed by atoms with Crippen molar-refractivity contribution in [3.63, 3.8) is 0 Å². The third-order valence-electron chi connectivity index (χ3n) is 2.66. The second-order valence-corrected chi connectivity index (χ2v) is 7.17. The number of unbranched alkanes of at least 4 members (excludes halogenated alkanes) is 8. The second-order valence-electron chi connectivity index (χ2n) is 4.47. The van der Waals surface area contributed by atoms with Crippen molar-refractivity contribution in [1.29, 1.82) is 0 Å². The first kappa shape index (κ1) is 26.2. The molecular weight excluding hydrogens is 409 g/mol. The van der Waals surface area contributed by atoms with Crippen molar-refractivity contribution in [2.75, 3.05) is 11.5 Å². The van der Waals surface area contributed by atoms with Gasteiger partial charge in [0.25, 0.3) is 0 Å². The average molecular weight is 439 g/mol. The standard InChI is InChI=1S/2C7H16S2.Cd/c2*1-2-3-4-5-6-7-9-8;/h2*8H,2-7H2,1H3;/q;;+2/p-2. The molecule has 0 N–H and O–H groups in total. The summed E-state index contributed by atoms with van der Waals surface area (Å²) in [4.78, 5) is 0. The van der Waals surface area contributed by atoms with Gasteiger partial charge >= 0.3 is 27.3 Å². The molecule has 5 heteroatoms. The number of hydrogen-bond acceptors (Lipinski definition) is 4. The molecule has 0 saturated heterocycles. The third kappa shape index (κ3) is 33.3. The van der Waals surface area contributed by atoms with Crippen molar-refractivity contribution in [3.8, 4) is 0 Å². The fourth-order valence-electron chi connectivity index (χ4n) is 1.53. The van der Waals surface area contributed by atoms with E-state index < -0.39 is 0 Å². The molecule has 0 aromatic carbocycles. The zero-order valence-electron chi connectivity index (χ0n) is 12.8. The van der Waals surface area contributed by atoms with Gasteiger partial charge in [-0.25, -0.2) is 0 Å². The molecule has 0 aliphatic carbocycles. The van der Waals surface area contributed by atoms with Gasteiger partial charge in [0.15, 0.2) is 0 Å². The van der Waals surface area contributed by atoms with Gasteiger partial charge in [0.05, 0.1) is 0 Å². The fraction of sp³-hybridized carbons (Fsp3) is 1.00. The van der Waals surface area contributed by atoms with Gasteiger partial charge in [0.2, 0.25) is 0 Å². The van der Waals surface area contributed by atoms with E-state index >= 15 is 0 Å².